The summed E-state index contributed by atoms with van der Waals surface area (Å²) >= 11 is 0. The maximum atomic E-state index is 12.0. The van der Waals surface area contributed by atoms with Gasteiger partial charge in [0.05, 0.1) is 19.1 Å². The maximum absolute atomic E-state index is 12.0. The van der Waals surface area contributed by atoms with Gasteiger partial charge in [-0.15, -0.1) is 0 Å². The van der Waals surface area contributed by atoms with E-state index in [0.717, 1.165) is 0 Å². The van der Waals surface area contributed by atoms with Gasteiger partial charge >= 0.3 is 11.9 Å². The van der Waals surface area contributed by atoms with Crippen LogP contribution in [0.4, 0.5) is 17.1 Å². The third-order valence-electron chi connectivity index (χ3n) is 4.00. The monoisotopic (exact) mass is 441 g/mol. The second kappa shape index (κ2) is 11.8. The molecule has 0 aliphatic rings. The zero-order valence-electron chi connectivity index (χ0n) is 17.6. The summed E-state index contributed by atoms with van der Waals surface area (Å²) < 4.78 is 9.45. The number of esters is 2. The fourth-order valence-corrected chi connectivity index (χ4v) is 2.50. The van der Waals surface area contributed by atoms with Crippen molar-refractivity contribution in [1.29, 1.82) is 0 Å². The molecule has 168 valence electrons. The average Bonchev–Trinajstić information content (AvgIpc) is 2.77. The standard InChI is InChI=1S/C22H23N3O7/c1-14(26)23-16-7-9-18(10-8-16)24-19(27)11-12-21(29)32-13-20(28)25-17-5-3-15(4-6-17)22(30)31-2/h3-10H,11-13H2,1-2H3,(H,23,26)(H,24,27)(H,25,28). The number of amides is 3. The van der Waals surface area contributed by atoms with Crippen LogP contribution >= 0.6 is 0 Å². The molecule has 32 heavy (non-hydrogen) atoms. The number of rotatable bonds is 9. The number of carbonyl (C=O) groups is 5. The molecule has 0 saturated heterocycles. The van der Waals surface area contributed by atoms with Crippen molar-refractivity contribution in [2.24, 2.45) is 0 Å². The van der Waals surface area contributed by atoms with Crippen LogP contribution in [0.1, 0.15) is 30.1 Å². The van der Waals surface area contributed by atoms with Crippen molar-refractivity contribution in [3.63, 3.8) is 0 Å². The van der Waals surface area contributed by atoms with Crippen LogP contribution in [0.2, 0.25) is 0 Å². The fraction of sp³-hybridized carbons (Fsp3) is 0.227. The Morgan fingerprint density at radius 2 is 1.22 bits per heavy atom. The number of carbonyl (C=O) groups excluding carboxylic acids is 5. The number of ether oxygens (including phenoxy) is 2. The van der Waals surface area contributed by atoms with Crippen molar-refractivity contribution in [1.82, 2.24) is 0 Å². The van der Waals surface area contributed by atoms with Crippen molar-refractivity contribution < 1.29 is 33.4 Å². The highest BCUT2D eigenvalue weighted by Crippen LogP contribution is 2.14. The molecule has 2 rings (SSSR count). The minimum Gasteiger partial charge on any atom is -0.465 e. The summed E-state index contributed by atoms with van der Waals surface area (Å²) in [6, 6.07) is 12.5. The van der Waals surface area contributed by atoms with Gasteiger partial charge in [-0.3, -0.25) is 19.2 Å². The highest BCUT2D eigenvalue weighted by atomic mass is 16.5. The van der Waals surface area contributed by atoms with Crippen LogP contribution in [0, 0.1) is 0 Å². The van der Waals surface area contributed by atoms with Crippen molar-refractivity contribution in [2.75, 3.05) is 29.7 Å². The van der Waals surface area contributed by atoms with Crippen LogP contribution in [-0.2, 0) is 28.7 Å². The molecule has 0 atom stereocenters. The first kappa shape index (κ1) is 24.1. The van der Waals surface area contributed by atoms with E-state index < -0.39 is 30.4 Å². The first-order valence-corrected chi connectivity index (χ1v) is 9.58. The van der Waals surface area contributed by atoms with E-state index in [-0.39, 0.29) is 18.7 Å². The zero-order valence-corrected chi connectivity index (χ0v) is 17.6. The highest BCUT2D eigenvalue weighted by Gasteiger charge is 2.12. The Balaban J connectivity index is 1.69. The van der Waals surface area contributed by atoms with E-state index in [2.05, 4.69) is 20.7 Å². The van der Waals surface area contributed by atoms with Gasteiger partial charge in [0.2, 0.25) is 11.8 Å². The molecule has 2 aromatic carbocycles. The summed E-state index contributed by atoms with van der Waals surface area (Å²) in [6.07, 6.45) is -0.320. The van der Waals surface area contributed by atoms with Gasteiger partial charge in [0.25, 0.3) is 5.91 Å². The van der Waals surface area contributed by atoms with Gasteiger partial charge in [0.15, 0.2) is 6.61 Å². The molecule has 0 aromatic heterocycles. The number of methoxy groups -OCH3 is 1. The molecule has 0 fully saturated rings. The second-order valence-corrected chi connectivity index (χ2v) is 6.58. The number of anilines is 3. The SMILES string of the molecule is COC(=O)c1ccc(NC(=O)COC(=O)CCC(=O)Nc2ccc(NC(C)=O)cc2)cc1. The third kappa shape index (κ3) is 8.27. The Hall–Kier alpha value is -4.21. The minimum atomic E-state index is -0.697. The number of hydrogen-bond donors (Lipinski definition) is 3. The molecule has 2 aromatic rings. The molecule has 10 nitrogen and oxygen atoms in total. The number of hydrogen-bond acceptors (Lipinski definition) is 7. The van der Waals surface area contributed by atoms with Crippen molar-refractivity contribution >= 4 is 46.7 Å². The lowest BCUT2D eigenvalue weighted by molar-refractivity contribution is -0.147. The number of benzene rings is 2. The molecule has 0 heterocycles. The van der Waals surface area contributed by atoms with Crippen molar-refractivity contribution in [3.8, 4) is 0 Å². The largest absolute Gasteiger partial charge is 0.465 e. The van der Waals surface area contributed by atoms with Crippen molar-refractivity contribution in [3.05, 3.63) is 54.1 Å². The van der Waals surface area contributed by atoms with Gasteiger partial charge in [0, 0.05) is 30.4 Å². The van der Waals surface area contributed by atoms with E-state index in [0.29, 0.717) is 22.6 Å². The Morgan fingerprint density at radius 1 is 0.719 bits per heavy atom. The van der Waals surface area contributed by atoms with E-state index in [1.54, 1.807) is 24.3 Å². The molecular weight excluding hydrogens is 418 g/mol. The molecule has 0 aliphatic heterocycles. The van der Waals surface area contributed by atoms with Gasteiger partial charge < -0.3 is 25.4 Å². The maximum Gasteiger partial charge on any atom is 0.337 e. The van der Waals surface area contributed by atoms with Gasteiger partial charge in [-0.25, -0.2) is 4.79 Å². The van der Waals surface area contributed by atoms with Gasteiger partial charge in [-0.05, 0) is 48.5 Å². The van der Waals surface area contributed by atoms with Crippen LogP contribution < -0.4 is 16.0 Å². The molecule has 10 heteroatoms. The predicted molar refractivity (Wildman–Crippen MR) is 116 cm³/mol. The summed E-state index contributed by atoms with van der Waals surface area (Å²) in [5, 5.41) is 7.75. The smallest absolute Gasteiger partial charge is 0.337 e. The number of nitrogens with one attached hydrogen (secondary N) is 3. The molecule has 3 amide bonds. The first-order valence-electron chi connectivity index (χ1n) is 9.58. The summed E-state index contributed by atoms with van der Waals surface area (Å²) in [4.78, 5) is 58.0. The zero-order chi connectivity index (χ0) is 23.5. The van der Waals surface area contributed by atoms with Crippen LogP contribution in [0.25, 0.3) is 0 Å². The van der Waals surface area contributed by atoms with Gasteiger partial charge in [-0.1, -0.05) is 0 Å². The van der Waals surface area contributed by atoms with E-state index >= 15 is 0 Å². The summed E-state index contributed by atoms with van der Waals surface area (Å²) in [7, 11) is 1.27. The van der Waals surface area contributed by atoms with E-state index in [9.17, 15) is 24.0 Å². The average molecular weight is 441 g/mol. The molecule has 0 aliphatic carbocycles. The van der Waals surface area contributed by atoms with Crippen molar-refractivity contribution in [2.45, 2.75) is 19.8 Å². The Bertz CT molecular complexity index is 986. The minimum absolute atomic E-state index is 0.122. The topological polar surface area (TPSA) is 140 Å². The van der Waals surface area contributed by atoms with Gasteiger partial charge in [-0.2, -0.15) is 0 Å². The molecule has 0 unspecified atom stereocenters. The summed E-state index contributed by atoms with van der Waals surface area (Å²) in [6.45, 7) is 0.881. The van der Waals surface area contributed by atoms with E-state index in [4.69, 9.17) is 4.74 Å². The van der Waals surface area contributed by atoms with Gasteiger partial charge in [0.1, 0.15) is 0 Å². The molecule has 0 spiro atoms. The molecule has 0 saturated carbocycles. The first-order chi connectivity index (χ1) is 15.3. The second-order valence-electron chi connectivity index (χ2n) is 6.58. The van der Waals surface area contributed by atoms with Crippen LogP contribution in [0.3, 0.4) is 0 Å². The lowest BCUT2D eigenvalue weighted by Gasteiger charge is -2.08. The normalized spacial score (nSPS) is 9.94. The molecular formula is C22H23N3O7. The molecule has 0 bridgehead atoms. The highest BCUT2D eigenvalue weighted by molar-refractivity contribution is 5.95. The third-order valence-corrected chi connectivity index (χ3v) is 4.00. The van der Waals surface area contributed by atoms with Crippen LogP contribution in [0.5, 0.6) is 0 Å². The summed E-state index contributed by atoms with van der Waals surface area (Å²) in [5.41, 5.74) is 1.85. The Labute approximate surface area is 184 Å². The van der Waals surface area contributed by atoms with E-state index in [1.165, 1.54) is 38.3 Å². The quantitative estimate of drug-likeness (QED) is 0.507. The van der Waals surface area contributed by atoms with Crippen LogP contribution in [-0.4, -0.2) is 43.4 Å². The Morgan fingerprint density at radius 3 is 1.75 bits per heavy atom. The van der Waals surface area contributed by atoms with E-state index in [1.807, 2.05) is 0 Å². The lowest BCUT2D eigenvalue weighted by atomic mass is 10.2. The Kier molecular flexibility index (Phi) is 8.91. The predicted octanol–water partition coefficient (Wildman–Crippen LogP) is 2.33. The fourth-order valence-electron chi connectivity index (χ4n) is 2.50. The van der Waals surface area contributed by atoms with Crippen LogP contribution in [0.15, 0.2) is 48.5 Å². The lowest BCUT2D eigenvalue weighted by Crippen LogP contribution is -2.21. The molecule has 0 radical (unpaired) electrons. The summed E-state index contributed by atoms with van der Waals surface area (Å²) in [5.74, 6) is -2.36. The molecule has 3 N–H and O–H groups in total.